The van der Waals surface area contributed by atoms with Gasteiger partial charge in [-0.1, -0.05) is 0 Å². The van der Waals surface area contributed by atoms with Crippen LogP contribution in [0.15, 0.2) is 0 Å². The SMILES string of the molecule is CNS(=O)(=O)CCNC1CCCNC1. The molecule has 1 unspecified atom stereocenters. The molecule has 0 aromatic rings. The smallest absolute Gasteiger partial charge is 0.212 e. The fraction of sp³-hybridized carbons (Fsp3) is 1.00. The van der Waals surface area contributed by atoms with Crippen molar-refractivity contribution in [1.82, 2.24) is 15.4 Å². The summed E-state index contributed by atoms with van der Waals surface area (Å²) in [5.74, 6) is 0.153. The van der Waals surface area contributed by atoms with Gasteiger partial charge in [0, 0.05) is 19.1 Å². The summed E-state index contributed by atoms with van der Waals surface area (Å²) in [5, 5.41) is 6.50. The molecule has 3 N–H and O–H groups in total. The second-order valence-corrected chi connectivity index (χ2v) is 5.57. The molecule has 0 aromatic heterocycles. The third-order valence-electron chi connectivity index (χ3n) is 2.41. The molecule has 0 spiro atoms. The van der Waals surface area contributed by atoms with Gasteiger partial charge in [0.2, 0.25) is 10.0 Å². The van der Waals surface area contributed by atoms with Crippen LogP contribution in [-0.2, 0) is 10.0 Å². The Morgan fingerprint density at radius 1 is 1.50 bits per heavy atom. The monoisotopic (exact) mass is 221 g/mol. The van der Waals surface area contributed by atoms with Crippen molar-refractivity contribution >= 4 is 10.0 Å². The van der Waals surface area contributed by atoms with E-state index in [-0.39, 0.29) is 5.75 Å². The normalized spacial score (nSPS) is 23.6. The highest BCUT2D eigenvalue weighted by molar-refractivity contribution is 7.89. The third kappa shape index (κ3) is 4.36. The first kappa shape index (κ1) is 11.9. The lowest BCUT2D eigenvalue weighted by atomic mass is 10.1. The molecule has 1 aliphatic heterocycles. The lowest BCUT2D eigenvalue weighted by molar-refractivity contribution is 0.397. The molecule has 0 saturated carbocycles. The summed E-state index contributed by atoms with van der Waals surface area (Å²) in [4.78, 5) is 0. The van der Waals surface area contributed by atoms with Gasteiger partial charge in [-0.25, -0.2) is 13.1 Å². The zero-order chi connectivity index (χ0) is 10.4. The number of piperidine rings is 1. The maximum atomic E-state index is 11.1. The van der Waals surface area contributed by atoms with E-state index in [0.29, 0.717) is 12.6 Å². The average Bonchev–Trinajstić information content (AvgIpc) is 2.19. The Morgan fingerprint density at radius 3 is 2.86 bits per heavy atom. The predicted octanol–water partition coefficient (Wildman–Crippen LogP) is -1.12. The van der Waals surface area contributed by atoms with Crippen LogP contribution in [-0.4, -0.2) is 46.9 Å². The summed E-state index contributed by atoms with van der Waals surface area (Å²) in [6.45, 7) is 2.54. The van der Waals surface area contributed by atoms with Crippen LogP contribution in [0.2, 0.25) is 0 Å². The van der Waals surface area contributed by atoms with Crippen molar-refractivity contribution < 1.29 is 8.42 Å². The molecule has 1 saturated heterocycles. The van der Waals surface area contributed by atoms with Gasteiger partial charge in [0.15, 0.2) is 0 Å². The minimum Gasteiger partial charge on any atom is -0.315 e. The zero-order valence-corrected chi connectivity index (χ0v) is 9.36. The van der Waals surface area contributed by atoms with E-state index in [1.807, 2.05) is 0 Å². The Kier molecular flexibility index (Phi) is 4.80. The Labute approximate surface area is 85.7 Å². The van der Waals surface area contributed by atoms with Crippen molar-refractivity contribution in [3.8, 4) is 0 Å². The quantitative estimate of drug-likeness (QED) is 0.550. The Hall–Kier alpha value is -0.170. The van der Waals surface area contributed by atoms with Crippen molar-refractivity contribution in [1.29, 1.82) is 0 Å². The van der Waals surface area contributed by atoms with Crippen LogP contribution in [0.1, 0.15) is 12.8 Å². The molecule has 1 fully saturated rings. The fourth-order valence-electron chi connectivity index (χ4n) is 1.53. The number of hydrogen-bond acceptors (Lipinski definition) is 4. The zero-order valence-electron chi connectivity index (χ0n) is 8.54. The fourth-order valence-corrected chi connectivity index (χ4v) is 2.12. The summed E-state index contributed by atoms with van der Waals surface area (Å²) < 4.78 is 24.4. The van der Waals surface area contributed by atoms with E-state index >= 15 is 0 Å². The van der Waals surface area contributed by atoms with Crippen molar-refractivity contribution in [3.63, 3.8) is 0 Å². The summed E-state index contributed by atoms with van der Waals surface area (Å²) in [6, 6.07) is 0.427. The molecular formula is C8H19N3O2S. The van der Waals surface area contributed by atoms with E-state index < -0.39 is 10.0 Å². The highest BCUT2D eigenvalue weighted by Gasteiger charge is 2.13. The van der Waals surface area contributed by atoms with E-state index in [4.69, 9.17) is 0 Å². The summed E-state index contributed by atoms with van der Waals surface area (Å²) in [7, 11) is -1.61. The van der Waals surface area contributed by atoms with Gasteiger partial charge in [-0.3, -0.25) is 0 Å². The first-order valence-corrected chi connectivity index (χ1v) is 6.64. The van der Waals surface area contributed by atoms with Crippen LogP contribution in [0.4, 0.5) is 0 Å². The first-order valence-electron chi connectivity index (χ1n) is 4.99. The molecule has 0 bridgehead atoms. The van der Waals surface area contributed by atoms with E-state index in [1.54, 1.807) is 0 Å². The van der Waals surface area contributed by atoms with Crippen LogP contribution >= 0.6 is 0 Å². The molecule has 1 aliphatic rings. The van der Waals surface area contributed by atoms with Crippen molar-refractivity contribution in [2.45, 2.75) is 18.9 Å². The number of sulfonamides is 1. The van der Waals surface area contributed by atoms with Crippen LogP contribution in [0.25, 0.3) is 0 Å². The Bertz CT molecular complexity index is 247. The molecule has 84 valence electrons. The number of hydrogen-bond donors (Lipinski definition) is 3. The van der Waals surface area contributed by atoms with Gasteiger partial charge in [0.05, 0.1) is 5.75 Å². The molecule has 0 radical (unpaired) electrons. The van der Waals surface area contributed by atoms with Crippen LogP contribution in [0, 0.1) is 0 Å². The predicted molar refractivity (Wildman–Crippen MR) is 56.7 cm³/mol. The van der Waals surface area contributed by atoms with Crippen molar-refractivity contribution in [2.24, 2.45) is 0 Å². The largest absolute Gasteiger partial charge is 0.315 e. The second kappa shape index (κ2) is 5.65. The molecule has 1 heterocycles. The van der Waals surface area contributed by atoms with Crippen LogP contribution in [0.5, 0.6) is 0 Å². The third-order valence-corrected chi connectivity index (χ3v) is 3.78. The molecule has 0 aromatic carbocycles. The average molecular weight is 221 g/mol. The Morgan fingerprint density at radius 2 is 2.29 bits per heavy atom. The van der Waals surface area contributed by atoms with Gasteiger partial charge >= 0.3 is 0 Å². The molecule has 1 atom stereocenters. The molecule has 5 nitrogen and oxygen atoms in total. The lowest BCUT2D eigenvalue weighted by Gasteiger charge is -2.23. The minimum absolute atomic E-state index is 0.153. The van der Waals surface area contributed by atoms with Crippen LogP contribution in [0.3, 0.4) is 0 Å². The molecule has 0 aliphatic carbocycles. The second-order valence-electron chi connectivity index (χ2n) is 3.52. The van der Waals surface area contributed by atoms with Crippen LogP contribution < -0.4 is 15.4 Å². The van der Waals surface area contributed by atoms with E-state index in [9.17, 15) is 8.42 Å². The topological polar surface area (TPSA) is 70.2 Å². The number of rotatable bonds is 5. The highest BCUT2D eigenvalue weighted by atomic mass is 32.2. The molecule has 6 heteroatoms. The van der Waals surface area contributed by atoms with Gasteiger partial charge in [-0.05, 0) is 26.4 Å². The maximum Gasteiger partial charge on any atom is 0.212 e. The van der Waals surface area contributed by atoms with Crippen molar-refractivity contribution in [2.75, 3.05) is 32.4 Å². The van der Waals surface area contributed by atoms with E-state index in [2.05, 4.69) is 15.4 Å². The minimum atomic E-state index is -3.05. The summed E-state index contributed by atoms with van der Waals surface area (Å²) in [5.41, 5.74) is 0. The standard InChI is InChI=1S/C8H19N3O2S/c1-9-14(12,13)6-5-11-8-3-2-4-10-7-8/h8-11H,2-7H2,1H3. The highest BCUT2D eigenvalue weighted by Crippen LogP contribution is 2.00. The van der Waals surface area contributed by atoms with E-state index in [0.717, 1.165) is 25.9 Å². The van der Waals surface area contributed by atoms with Gasteiger partial charge in [-0.15, -0.1) is 0 Å². The Balaban J connectivity index is 2.14. The maximum absolute atomic E-state index is 11.1. The van der Waals surface area contributed by atoms with Gasteiger partial charge < -0.3 is 10.6 Å². The molecule has 0 amide bonds. The van der Waals surface area contributed by atoms with Crippen molar-refractivity contribution in [3.05, 3.63) is 0 Å². The summed E-state index contributed by atoms with van der Waals surface area (Å²) in [6.07, 6.45) is 2.29. The van der Waals surface area contributed by atoms with Gasteiger partial charge in [0.25, 0.3) is 0 Å². The van der Waals surface area contributed by atoms with E-state index in [1.165, 1.54) is 7.05 Å². The first-order chi connectivity index (χ1) is 6.64. The molecule has 14 heavy (non-hydrogen) atoms. The number of nitrogens with one attached hydrogen (secondary N) is 3. The lowest BCUT2D eigenvalue weighted by Crippen LogP contribution is -2.45. The molecular weight excluding hydrogens is 202 g/mol. The summed E-state index contributed by atoms with van der Waals surface area (Å²) >= 11 is 0. The van der Waals surface area contributed by atoms with Gasteiger partial charge in [-0.2, -0.15) is 0 Å². The molecule has 1 rings (SSSR count). The van der Waals surface area contributed by atoms with Gasteiger partial charge in [0.1, 0.15) is 0 Å².